The van der Waals surface area contributed by atoms with E-state index in [1.165, 1.54) is 36.4 Å². The summed E-state index contributed by atoms with van der Waals surface area (Å²) in [6, 6.07) is 10.0. The summed E-state index contributed by atoms with van der Waals surface area (Å²) in [4.78, 5) is 22.2. The zero-order chi connectivity index (χ0) is 14.7. The van der Waals surface area contributed by atoms with E-state index in [1.807, 2.05) is 0 Å². The Morgan fingerprint density at radius 3 is 2.50 bits per heavy atom. The molecule has 0 atom stereocenters. The quantitative estimate of drug-likeness (QED) is 0.370. The molecule has 0 spiro atoms. The van der Waals surface area contributed by atoms with E-state index in [9.17, 15) is 14.9 Å². The molecule has 2 rings (SSSR count). The highest BCUT2D eigenvalue weighted by Crippen LogP contribution is 2.32. The molecule has 0 bridgehead atoms. The van der Waals surface area contributed by atoms with Crippen molar-refractivity contribution >= 4 is 34.9 Å². The van der Waals surface area contributed by atoms with E-state index in [4.69, 9.17) is 27.9 Å². The first-order valence-electron chi connectivity index (χ1n) is 5.40. The molecule has 0 saturated carbocycles. The Balaban J connectivity index is 2.34. The molecule has 0 aromatic heterocycles. The monoisotopic (exact) mass is 311 g/mol. The number of halogens is 2. The van der Waals surface area contributed by atoms with Gasteiger partial charge in [-0.05, 0) is 18.2 Å². The molecular formula is C13H7Cl2NO4. The molecule has 5 nitrogen and oxygen atoms in total. The Bertz CT molecular complexity index is 688. The normalized spacial score (nSPS) is 10.1. The van der Waals surface area contributed by atoms with Gasteiger partial charge in [-0.1, -0.05) is 41.4 Å². The highest BCUT2D eigenvalue weighted by Gasteiger charge is 2.22. The van der Waals surface area contributed by atoms with Crippen molar-refractivity contribution in [1.29, 1.82) is 0 Å². The largest absolute Gasteiger partial charge is 0.421 e. The summed E-state index contributed by atoms with van der Waals surface area (Å²) in [6.45, 7) is 0. The van der Waals surface area contributed by atoms with Gasteiger partial charge in [0.2, 0.25) is 0 Å². The van der Waals surface area contributed by atoms with Crippen molar-refractivity contribution in [2.24, 2.45) is 0 Å². The van der Waals surface area contributed by atoms with Crippen molar-refractivity contribution in [3.63, 3.8) is 0 Å². The number of rotatable bonds is 3. The first kappa shape index (κ1) is 14.3. The maximum atomic E-state index is 12.0. The maximum absolute atomic E-state index is 12.0. The van der Waals surface area contributed by atoms with Crippen molar-refractivity contribution in [2.45, 2.75) is 0 Å². The number of carbonyl (C=O) groups is 1. The summed E-state index contributed by atoms with van der Waals surface area (Å²) in [5.74, 6) is -0.830. The first-order chi connectivity index (χ1) is 9.50. The van der Waals surface area contributed by atoms with Crippen LogP contribution >= 0.6 is 23.2 Å². The Hall–Kier alpha value is -2.11. The van der Waals surface area contributed by atoms with Gasteiger partial charge in [-0.25, -0.2) is 4.79 Å². The minimum atomic E-state index is -0.874. The van der Waals surface area contributed by atoms with Gasteiger partial charge in [0.05, 0.1) is 9.95 Å². The summed E-state index contributed by atoms with van der Waals surface area (Å²) in [7, 11) is 0. The van der Waals surface area contributed by atoms with E-state index in [2.05, 4.69) is 0 Å². The van der Waals surface area contributed by atoms with Gasteiger partial charge in [0, 0.05) is 6.07 Å². The van der Waals surface area contributed by atoms with E-state index in [-0.39, 0.29) is 27.0 Å². The van der Waals surface area contributed by atoms with Crippen molar-refractivity contribution in [1.82, 2.24) is 0 Å². The van der Waals surface area contributed by atoms with Crippen LogP contribution in [-0.2, 0) is 0 Å². The van der Waals surface area contributed by atoms with Gasteiger partial charge in [0.25, 0.3) is 5.69 Å². The molecule has 0 N–H and O–H groups in total. The van der Waals surface area contributed by atoms with Crippen molar-refractivity contribution in [3.8, 4) is 5.75 Å². The average Bonchev–Trinajstić information content (AvgIpc) is 2.43. The van der Waals surface area contributed by atoms with Crippen LogP contribution in [0.15, 0.2) is 42.5 Å². The molecule has 0 unspecified atom stereocenters. The van der Waals surface area contributed by atoms with Gasteiger partial charge in [-0.3, -0.25) is 10.1 Å². The fraction of sp³-hybridized carbons (Fsp3) is 0. The zero-order valence-electron chi connectivity index (χ0n) is 9.88. The molecule has 0 aliphatic heterocycles. The molecule has 20 heavy (non-hydrogen) atoms. The second kappa shape index (κ2) is 5.90. The number of nitro groups is 1. The lowest BCUT2D eigenvalue weighted by atomic mass is 10.2. The van der Waals surface area contributed by atoms with Gasteiger partial charge < -0.3 is 4.74 Å². The van der Waals surface area contributed by atoms with Gasteiger partial charge in [0.15, 0.2) is 5.75 Å². The molecule has 0 amide bonds. The third-order valence-corrected chi connectivity index (χ3v) is 3.24. The fourth-order valence-corrected chi connectivity index (χ4v) is 1.85. The van der Waals surface area contributed by atoms with Crippen LogP contribution in [-0.4, -0.2) is 10.9 Å². The Kier molecular flexibility index (Phi) is 4.22. The van der Waals surface area contributed by atoms with Gasteiger partial charge in [0.1, 0.15) is 10.6 Å². The molecular weight excluding hydrogens is 305 g/mol. The van der Waals surface area contributed by atoms with Gasteiger partial charge >= 0.3 is 5.97 Å². The standard InChI is InChI=1S/C13H7Cl2NO4/c14-9-5-3-7-11(12(9)15)20-13(17)8-4-1-2-6-10(8)16(18)19/h1-7H. The average molecular weight is 312 g/mol. The van der Waals surface area contributed by atoms with E-state index in [0.717, 1.165) is 0 Å². The van der Waals surface area contributed by atoms with E-state index >= 15 is 0 Å². The number of ether oxygens (including phenoxy) is 1. The number of carbonyl (C=O) groups excluding carboxylic acids is 1. The topological polar surface area (TPSA) is 69.4 Å². The molecule has 0 heterocycles. The highest BCUT2D eigenvalue weighted by molar-refractivity contribution is 6.43. The third-order valence-electron chi connectivity index (χ3n) is 2.44. The zero-order valence-corrected chi connectivity index (χ0v) is 11.4. The maximum Gasteiger partial charge on any atom is 0.350 e. The minimum absolute atomic E-state index is 0.0438. The van der Waals surface area contributed by atoms with Crippen LogP contribution in [0.2, 0.25) is 10.0 Å². The predicted molar refractivity (Wildman–Crippen MR) is 74.5 cm³/mol. The van der Waals surface area contributed by atoms with Crippen LogP contribution in [0.3, 0.4) is 0 Å². The number of nitrogens with zero attached hydrogens (tertiary/aromatic N) is 1. The number of hydrogen-bond donors (Lipinski definition) is 0. The minimum Gasteiger partial charge on any atom is -0.421 e. The summed E-state index contributed by atoms with van der Waals surface area (Å²) < 4.78 is 5.04. The van der Waals surface area contributed by atoms with Crippen LogP contribution in [0, 0.1) is 10.1 Å². The van der Waals surface area contributed by atoms with Crippen molar-refractivity contribution in [2.75, 3.05) is 0 Å². The Labute approximate surface area is 123 Å². The second-order valence-electron chi connectivity index (χ2n) is 3.72. The third kappa shape index (κ3) is 2.89. The second-order valence-corrected chi connectivity index (χ2v) is 4.50. The predicted octanol–water partition coefficient (Wildman–Crippen LogP) is 4.12. The molecule has 0 aliphatic rings. The van der Waals surface area contributed by atoms with Crippen LogP contribution < -0.4 is 4.74 Å². The van der Waals surface area contributed by atoms with Crippen LogP contribution in [0.5, 0.6) is 5.75 Å². The first-order valence-corrected chi connectivity index (χ1v) is 6.16. The number of hydrogen-bond acceptors (Lipinski definition) is 4. The summed E-state index contributed by atoms with van der Waals surface area (Å²) >= 11 is 11.7. The smallest absolute Gasteiger partial charge is 0.350 e. The van der Waals surface area contributed by atoms with E-state index < -0.39 is 10.9 Å². The molecule has 0 fully saturated rings. The van der Waals surface area contributed by atoms with Crippen LogP contribution in [0.25, 0.3) is 0 Å². The molecule has 2 aromatic carbocycles. The number of para-hydroxylation sites is 1. The SMILES string of the molecule is O=C(Oc1cccc(Cl)c1Cl)c1ccccc1[N+](=O)[O-]. The van der Waals surface area contributed by atoms with E-state index in [1.54, 1.807) is 6.07 Å². The Morgan fingerprint density at radius 2 is 1.80 bits per heavy atom. The molecule has 0 aliphatic carbocycles. The van der Waals surface area contributed by atoms with E-state index in [0.29, 0.717) is 0 Å². The summed E-state index contributed by atoms with van der Waals surface area (Å²) in [5, 5.41) is 11.1. The van der Waals surface area contributed by atoms with Gasteiger partial charge in [-0.15, -0.1) is 0 Å². The van der Waals surface area contributed by atoms with Gasteiger partial charge in [-0.2, -0.15) is 0 Å². The summed E-state index contributed by atoms with van der Waals surface area (Å²) in [5.41, 5.74) is -0.496. The number of nitro benzene ring substituents is 1. The fourth-order valence-electron chi connectivity index (χ4n) is 1.52. The lowest BCUT2D eigenvalue weighted by molar-refractivity contribution is -0.385. The van der Waals surface area contributed by atoms with Crippen LogP contribution in [0.1, 0.15) is 10.4 Å². The molecule has 2 aromatic rings. The molecule has 0 radical (unpaired) electrons. The molecule has 0 saturated heterocycles. The number of benzene rings is 2. The summed E-state index contributed by atoms with van der Waals surface area (Å²) in [6.07, 6.45) is 0. The Morgan fingerprint density at radius 1 is 1.10 bits per heavy atom. The lowest BCUT2D eigenvalue weighted by Gasteiger charge is -2.07. The lowest BCUT2D eigenvalue weighted by Crippen LogP contribution is -2.11. The van der Waals surface area contributed by atoms with Crippen molar-refractivity contribution < 1.29 is 14.5 Å². The number of esters is 1. The highest BCUT2D eigenvalue weighted by atomic mass is 35.5. The van der Waals surface area contributed by atoms with Crippen LogP contribution in [0.4, 0.5) is 5.69 Å². The van der Waals surface area contributed by atoms with Crippen molar-refractivity contribution in [3.05, 3.63) is 68.2 Å². The molecule has 102 valence electrons. The molecule has 7 heteroatoms.